The lowest BCUT2D eigenvalue weighted by atomic mass is 9.87. The number of ketones is 1. The Hall–Kier alpha value is -0.790. The van der Waals surface area contributed by atoms with Gasteiger partial charge in [-0.2, -0.15) is 0 Å². The highest BCUT2D eigenvalue weighted by atomic mass is 16.3. The summed E-state index contributed by atoms with van der Waals surface area (Å²) >= 11 is 0. The maximum atomic E-state index is 11.5. The zero-order chi connectivity index (χ0) is 10.9. The molecule has 0 radical (unpaired) electrons. The molecule has 0 fully saturated rings. The van der Waals surface area contributed by atoms with Gasteiger partial charge in [0.25, 0.3) is 0 Å². The van der Waals surface area contributed by atoms with Gasteiger partial charge in [-0.3, -0.25) is 4.79 Å². The molecule has 13 heavy (non-hydrogen) atoms. The van der Waals surface area contributed by atoms with Gasteiger partial charge in [0.1, 0.15) is 5.76 Å². The highest BCUT2D eigenvalue weighted by molar-refractivity contribution is 5.94. The topological polar surface area (TPSA) is 37.3 Å². The van der Waals surface area contributed by atoms with Crippen LogP contribution in [0, 0.1) is 10.8 Å². The van der Waals surface area contributed by atoms with Gasteiger partial charge in [-0.05, 0) is 0 Å². The predicted octanol–water partition coefficient (Wildman–Crippen LogP) is 3.09. The lowest BCUT2D eigenvalue weighted by molar-refractivity contribution is -0.121. The number of aliphatic hydroxyl groups excluding tert-OH is 1. The number of hydrogen-bond donors (Lipinski definition) is 1. The van der Waals surface area contributed by atoms with Crippen LogP contribution in [0.4, 0.5) is 0 Å². The molecule has 0 aliphatic heterocycles. The molecule has 2 nitrogen and oxygen atoms in total. The molecule has 0 spiro atoms. The zero-order valence-corrected chi connectivity index (χ0v) is 9.43. The minimum atomic E-state index is -0.417. The third-order valence-corrected chi connectivity index (χ3v) is 1.78. The maximum Gasteiger partial charge on any atom is 0.164 e. The summed E-state index contributed by atoms with van der Waals surface area (Å²) in [6, 6.07) is 0. The molecule has 0 heterocycles. The smallest absolute Gasteiger partial charge is 0.164 e. The Bertz CT molecular complexity index is 223. The second-order valence-electron chi connectivity index (χ2n) is 5.39. The van der Waals surface area contributed by atoms with Crippen LogP contribution in [0.25, 0.3) is 0 Å². The summed E-state index contributed by atoms with van der Waals surface area (Å²) in [5.74, 6) is 0.104. The van der Waals surface area contributed by atoms with Crippen molar-refractivity contribution in [3.05, 3.63) is 11.8 Å². The van der Waals surface area contributed by atoms with Crippen LogP contribution in [0.15, 0.2) is 11.8 Å². The molecule has 0 unspecified atom stereocenters. The summed E-state index contributed by atoms with van der Waals surface area (Å²) < 4.78 is 0. The standard InChI is InChI=1S/C11H20O2/c1-10(2,3)8(12)7-9(13)11(4,5)6/h7,12H,1-6H3/b8-7+. The van der Waals surface area contributed by atoms with E-state index in [0.717, 1.165) is 0 Å². The summed E-state index contributed by atoms with van der Waals surface area (Å²) in [6.45, 7) is 11.1. The third-order valence-electron chi connectivity index (χ3n) is 1.78. The maximum absolute atomic E-state index is 11.5. The number of carbonyl (C=O) groups excluding carboxylic acids is 1. The second kappa shape index (κ2) is 3.52. The summed E-state index contributed by atoms with van der Waals surface area (Å²) in [4.78, 5) is 11.5. The lowest BCUT2D eigenvalue weighted by Gasteiger charge is -2.19. The van der Waals surface area contributed by atoms with E-state index in [1.54, 1.807) is 0 Å². The Kier molecular flexibility index (Phi) is 3.31. The Morgan fingerprint density at radius 1 is 1.00 bits per heavy atom. The average Bonchev–Trinajstić information content (AvgIpc) is 1.82. The van der Waals surface area contributed by atoms with Gasteiger partial charge in [-0.1, -0.05) is 41.5 Å². The molecule has 0 aromatic heterocycles. The summed E-state index contributed by atoms with van der Waals surface area (Å²) in [6.07, 6.45) is 1.33. The lowest BCUT2D eigenvalue weighted by Crippen LogP contribution is -2.20. The van der Waals surface area contributed by atoms with Crippen molar-refractivity contribution in [2.24, 2.45) is 10.8 Å². The second-order valence-corrected chi connectivity index (χ2v) is 5.39. The number of rotatable bonds is 1. The minimum absolute atomic E-state index is 0.0417. The number of carbonyl (C=O) groups is 1. The van der Waals surface area contributed by atoms with Crippen LogP contribution in [-0.2, 0) is 4.79 Å². The van der Waals surface area contributed by atoms with E-state index in [2.05, 4.69) is 0 Å². The molecular formula is C11H20O2. The fourth-order valence-corrected chi connectivity index (χ4v) is 0.557. The van der Waals surface area contributed by atoms with Gasteiger partial charge < -0.3 is 5.11 Å². The first-order valence-corrected chi connectivity index (χ1v) is 4.51. The molecule has 1 N–H and O–H groups in total. The highest BCUT2D eigenvalue weighted by Gasteiger charge is 2.23. The van der Waals surface area contributed by atoms with Gasteiger partial charge >= 0.3 is 0 Å². The Morgan fingerprint density at radius 2 is 1.38 bits per heavy atom. The van der Waals surface area contributed by atoms with Crippen LogP contribution in [0.1, 0.15) is 41.5 Å². The molecule has 0 aromatic carbocycles. The molecule has 0 rings (SSSR count). The molecule has 0 saturated heterocycles. The van der Waals surface area contributed by atoms with Crippen molar-refractivity contribution in [2.45, 2.75) is 41.5 Å². The molecule has 0 aromatic rings. The molecule has 0 bridgehead atoms. The highest BCUT2D eigenvalue weighted by Crippen LogP contribution is 2.24. The van der Waals surface area contributed by atoms with Gasteiger partial charge in [0.2, 0.25) is 0 Å². The van der Waals surface area contributed by atoms with E-state index in [4.69, 9.17) is 0 Å². The van der Waals surface area contributed by atoms with E-state index < -0.39 is 5.41 Å². The van der Waals surface area contributed by atoms with E-state index in [1.165, 1.54) is 6.08 Å². The fourth-order valence-electron chi connectivity index (χ4n) is 0.557. The SMILES string of the molecule is CC(C)(C)C(=O)/C=C(/O)C(C)(C)C. The fraction of sp³-hybridized carbons (Fsp3) is 0.727. The molecule has 2 heteroatoms. The van der Waals surface area contributed by atoms with Gasteiger partial charge in [0, 0.05) is 16.9 Å². The van der Waals surface area contributed by atoms with Gasteiger partial charge in [0.05, 0.1) is 0 Å². The third kappa shape index (κ3) is 4.11. The first-order valence-electron chi connectivity index (χ1n) is 4.51. The van der Waals surface area contributed by atoms with E-state index in [9.17, 15) is 9.90 Å². The van der Waals surface area contributed by atoms with Crippen molar-refractivity contribution in [1.29, 1.82) is 0 Å². The molecule has 0 amide bonds. The quantitative estimate of drug-likeness (QED) is 0.502. The van der Waals surface area contributed by atoms with E-state index in [0.29, 0.717) is 0 Å². The first kappa shape index (κ1) is 12.2. The predicted molar refractivity (Wildman–Crippen MR) is 54.6 cm³/mol. The van der Waals surface area contributed by atoms with E-state index in [-0.39, 0.29) is 17.0 Å². The first-order chi connectivity index (χ1) is 5.55. The Morgan fingerprint density at radius 3 is 1.62 bits per heavy atom. The molecule has 0 aliphatic rings. The van der Waals surface area contributed by atoms with Crippen LogP contribution in [0.5, 0.6) is 0 Å². The Labute approximate surface area is 80.7 Å². The normalized spacial score (nSPS) is 14.5. The van der Waals surface area contributed by atoms with Crippen molar-refractivity contribution in [1.82, 2.24) is 0 Å². The van der Waals surface area contributed by atoms with Crippen LogP contribution in [0.2, 0.25) is 0 Å². The van der Waals surface area contributed by atoms with Gasteiger partial charge in [0.15, 0.2) is 5.78 Å². The average molecular weight is 184 g/mol. The molecular weight excluding hydrogens is 164 g/mol. The Balaban J connectivity index is 4.70. The van der Waals surface area contributed by atoms with Crippen LogP contribution in [-0.4, -0.2) is 10.9 Å². The number of hydrogen-bond acceptors (Lipinski definition) is 2. The number of aliphatic hydroxyl groups is 1. The van der Waals surface area contributed by atoms with Crippen LogP contribution < -0.4 is 0 Å². The van der Waals surface area contributed by atoms with Crippen molar-refractivity contribution >= 4 is 5.78 Å². The summed E-state index contributed by atoms with van der Waals surface area (Å²) in [5, 5.41) is 9.56. The molecule has 0 saturated carbocycles. The largest absolute Gasteiger partial charge is 0.512 e. The van der Waals surface area contributed by atoms with E-state index >= 15 is 0 Å². The monoisotopic (exact) mass is 184 g/mol. The molecule has 76 valence electrons. The van der Waals surface area contributed by atoms with E-state index in [1.807, 2.05) is 41.5 Å². The van der Waals surface area contributed by atoms with Crippen molar-refractivity contribution in [3.8, 4) is 0 Å². The zero-order valence-electron chi connectivity index (χ0n) is 9.43. The molecule has 0 atom stereocenters. The number of allylic oxidation sites excluding steroid dienone is 2. The van der Waals surface area contributed by atoms with Crippen LogP contribution >= 0.6 is 0 Å². The van der Waals surface area contributed by atoms with Crippen LogP contribution in [0.3, 0.4) is 0 Å². The van der Waals surface area contributed by atoms with Crippen molar-refractivity contribution < 1.29 is 9.90 Å². The summed E-state index contributed by atoms with van der Waals surface area (Å²) in [7, 11) is 0. The van der Waals surface area contributed by atoms with Gasteiger partial charge in [-0.25, -0.2) is 0 Å². The van der Waals surface area contributed by atoms with Gasteiger partial charge in [-0.15, -0.1) is 0 Å². The minimum Gasteiger partial charge on any atom is -0.512 e. The van der Waals surface area contributed by atoms with Crippen molar-refractivity contribution in [3.63, 3.8) is 0 Å². The van der Waals surface area contributed by atoms with Crippen molar-refractivity contribution in [2.75, 3.05) is 0 Å². The summed E-state index contributed by atoms with van der Waals surface area (Å²) in [5.41, 5.74) is -0.764. The molecule has 0 aliphatic carbocycles.